The number of amides is 4. The van der Waals surface area contributed by atoms with Crippen LogP contribution in [0.2, 0.25) is 0 Å². The zero-order valence-electron chi connectivity index (χ0n) is 23.9. The highest BCUT2D eigenvalue weighted by Crippen LogP contribution is 2.27. The van der Waals surface area contributed by atoms with E-state index in [1.54, 1.807) is 9.80 Å². The Morgan fingerprint density at radius 2 is 1.00 bits per heavy atom. The molecule has 0 aromatic heterocycles. The molecule has 2 aliphatic rings. The molecule has 2 heterocycles. The van der Waals surface area contributed by atoms with E-state index in [-0.39, 0.29) is 36.5 Å². The van der Waals surface area contributed by atoms with Crippen molar-refractivity contribution in [3.8, 4) is 0 Å². The Balaban J connectivity index is 1.25. The molecule has 2 aliphatic heterocycles. The van der Waals surface area contributed by atoms with Crippen LogP contribution in [0.15, 0.2) is 24.3 Å². The maximum absolute atomic E-state index is 12.9. The van der Waals surface area contributed by atoms with Gasteiger partial charge in [-0.3, -0.25) is 19.2 Å². The molecule has 0 spiro atoms. The molecule has 2 fully saturated rings. The molecule has 4 rings (SSSR count). The molecule has 0 unspecified atom stereocenters. The first-order valence-electron chi connectivity index (χ1n) is 13.8. The first kappa shape index (κ1) is 28.3. The van der Waals surface area contributed by atoms with E-state index >= 15 is 0 Å². The van der Waals surface area contributed by atoms with Crippen LogP contribution in [0.3, 0.4) is 0 Å². The van der Waals surface area contributed by atoms with Gasteiger partial charge >= 0.3 is 0 Å². The van der Waals surface area contributed by atoms with Gasteiger partial charge in [-0.2, -0.15) is 0 Å². The van der Waals surface area contributed by atoms with Gasteiger partial charge in [0.05, 0.1) is 11.8 Å². The number of aryl methyl sites for hydroxylation is 6. The fourth-order valence-corrected chi connectivity index (χ4v) is 5.99. The van der Waals surface area contributed by atoms with E-state index in [2.05, 4.69) is 10.6 Å². The Hall–Kier alpha value is -3.68. The summed E-state index contributed by atoms with van der Waals surface area (Å²) in [6.45, 7) is 13.7. The molecule has 2 aromatic carbocycles. The highest BCUT2D eigenvalue weighted by atomic mass is 16.2. The van der Waals surface area contributed by atoms with Crippen molar-refractivity contribution in [1.82, 2.24) is 9.80 Å². The van der Waals surface area contributed by atoms with Crippen molar-refractivity contribution in [3.63, 3.8) is 0 Å². The van der Waals surface area contributed by atoms with Gasteiger partial charge in [-0.15, -0.1) is 0 Å². The van der Waals surface area contributed by atoms with Crippen LogP contribution >= 0.6 is 0 Å². The fraction of sp³-hybridized carbons (Fsp3) is 0.484. The maximum Gasteiger partial charge on any atom is 0.229 e. The smallest absolute Gasteiger partial charge is 0.229 e. The summed E-state index contributed by atoms with van der Waals surface area (Å²) >= 11 is 0. The van der Waals surface area contributed by atoms with Crippen LogP contribution in [-0.2, 0) is 19.2 Å². The van der Waals surface area contributed by atoms with Crippen LogP contribution in [0, 0.1) is 53.4 Å². The summed E-state index contributed by atoms with van der Waals surface area (Å²) in [7, 11) is 0. The van der Waals surface area contributed by atoms with Crippen LogP contribution < -0.4 is 10.6 Å². The molecular weight excluding hydrogens is 492 g/mol. The topological polar surface area (TPSA) is 98.8 Å². The van der Waals surface area contributed by atoms with Crippen molar-refractivity contribution in [1.29, 1.82) is 0 Å². The molecule has 208 valence electrons. The second-order valence-electron chi connectivity index (χ2n) is 11.4. The van der Waals surface area contributed by atoms with E-state index in [0.717, 1.165) is 44.8 Å². The predicted molar refractivity (Wildman–Crippen MR) is 153 cm³/mol. The van der Waals surface area contributed by atoms with Gasteiger partial charge in [-0.25, -0.2) is 0 Å². The second kappa shape index (κ2) is 11.6. The minimum Gasteiger partial charge on any atom is -0.342 e. The third kappa shape index (κ3) is 6.49. The van der Waals surface area contributed by atoms with Crippen LogP contribution in [-0.4, -0.2) is 59.6 Å². The van der Waals surface area contributed by atoms with Crippen molar-refractivity contribution in [2.24, 2.45) is 11.8 Å². The monoisotopic (exact) mass is 532 g/mol. The highest BCUT2D eigenvalue weighted by molar-refractivity contribution is 5.99. The molecule has 4 amide bonds. The van der Waals surface area contributed by atoms with Gasteiger partial charge in [-0.1, -0.05) is 35.4 Å². The van der Waals surface area contributed by atoms with Gasteiger partial charge in [0.25, 0.3) is 0 Å². The number of benzene rings is 2. The SMILES string of the molecule is Cc1cc(C)c(NC(=O)[C@@H]2CC(=O)N(CCCN3C[C@H](C(=O)Nc4c(C)cc(C)cc4C)CC3=O)C2)c(C)c1. The van der Waals surface area contributed by atoms with Crippen molar-refractivity contribution in [2.75, 3.05) is 36.8 Å². The lowest BCUT2D eigenvalue weighted by atomic mass is 10.0. The predicted octanol–water partition coefficient (Wildman–Crippen LogP) is 4.20. The lowest BCUT2D eigenvalue weighted by Crippen LogP contribution is -2.33. The maximum atomic E-state index is 12.9. The molecule has 0 radical (unpaired) electrons. The summed E-state index contributed by atoms with van der Waals surface area (Å²) in [5, 5.41) is 6.06. The molecule has 39 heavy (non-hydrogen) atoms. The van der Waals surface area contributed by atoms with Gasteiger partial charge < -0.3 is 20.4 Å². The second-order valence-corrected chi connectivity index (χ2v) is 11.4. The van der Waals surface area contributed by atoms with E-state index in [1.807, 2.05) is 65.8 Å². The summed E-state index contributed by atoms with van der Waals surface area (Å²) in [6.07, 6.45) is 0.990. The van der Waals surface area contributed by atoms with E-state index in [1.165, 1.54) is 0 Å². The summed E-state index contributed by atoms with van der Waals surface area (Å²) in [6, 6.07) is 8.14. The third-order valence-electron chi connectivity index (χ3n) is 7.88. The van der Waals surface area contributed by atoms with Gasteiger partial charge in [0.1, 0.15) is 0 Å². The molecule has 2 N–H and O–H groups in total. The zero-order chi connectivity index (χ0) is 28.4. The molecule has 0 aliphatic carbocycles. The summed E-state index contributed by atoms with van der Waals surface area (Å²) in [4.78, 5) is 54.5. The van der Waals surface area contributed by atoms with E-state index in [9.17, 15) is 19.2 Å². The van der Waals surface area contributed by atoms with Gasteiger partial charge in [-0.05, 0) is 70.2 Å². The lowest BCUT2D eigenvalue weighted by molar-refractivity contribution is -0.129. The van der Waals surface area contributed by atoms with Crippen molar-refractivity contribution < 1.29 is 19.2 Å². The molecular formula is C31H40N4O4. The Bertz CT molecular complexity index is 1170. The molecule has 0 saturated carbocycles. The fourth-order valence-electron chi connectivity index (χ4n) is 5.99. The highest BCUT2D eigenvalue weighted by Gasteiger charge is 2.36. The Labute approximate surface area is 231 Å². The average molecular weight is 533 g/mol. The standard InChI is InChI=1S/C31H40N4O4/c1-18-10-20(3)28(21(4)11-18)32-30(38)24-14-26(36)34(16-24)8-7-9-35-17-25(15-27(35)37)31(39)33-29-22(5)12-19(2)13-23(29)6/h10-13,24-25H,7-9,14-17H2,1-6H3,(H,32,38)(H,33,39)/t24-,25-/m1/s1. The number of nitrogens with one attached hydrogen (secondary N) is 2. The number of hydrogen-bond donors (Lipinski definition) is 2. The van der Waals surface area contributed by atoms with Crippen molar-refractivity contribution in [3.05, 3.63) is 57.6 Å². The van der Waals surface area contributed by atoms with Crippen LogP contribution in [0.5, 0.6) is 0 Å². The quantitative estimate of drug-likeness (QED) is 0.532. The minimum absolute atomic E-state index is 0.0404. The first-order chi connectivity index (χ1) is 18.4. The zero-order valence-corrected chi connectivity index (χ0v) is 23.9. The summed E-state index contributed by atoms with van der Waals surface area (Å²) < 4.78 is 0. The van der Waals surface area contributed by atoms with Gasteiger partial charge in [0, 0.05) is 50.4 Å². The van der Waals surface area contributed by atoms with E-state index in [4.69, 9.17) is 0 Å². The number of rotatable bonds is 8. The number of likely N-dealkylation sites (tertiary alicyclic amines) is 2. The molecule has 8 heteroatoms. The van der Waals surface area contributed by atoms with E-state index in [0.29, 0.717) is 32.6 Å². The number of anilines is 2. The average Bonchev–Trinajstić information content (AvgIpc) is 3.40. The molecule has 2 aromatic rings. The largest absolute Gasteiger partial charge is 0.342 e. The number of carbonyl (C=O) groups is 4. The van der Waals surface area contributed by atoms with Crippen molar-refractivity contribution in [2.45, 2.75) is 60.8 Å². The summed E-state index contributed by atoms with van der Waals surface area (Å²) in [5.74, 6) is -1.14. The number of nitrogens with zero attached hydrogens (tertiary/aromatic N) is 2. The van der Waals surface area contributed by atoms with Crippen molar-refractivity contribution >= 4 is 35.0 Å². The molecule has 2 saturated heterocycles. The summed E-state index contributed by atoms with van der Waals surface area (Å²) in [5.41, 5.74) is 7.95. The third-order valence-corrected chi connectivity index (χ3v) is 7.88. The van der Waals surface area contributed by atoms with Gasteiger partial charge in [0.15, 0.2) is 0 Å². The number of carbonyl (C=O) groups excluding carboxylic acids is 4. The van der Waals surface area contributed by atoms with Gasteiger partial charge in [0.2, 0.25) is 23.6 Å². The molecule has 8 nitrogen and oxygen atoms in total. The number of hydrogen-bond acceptors (Lipinski definition) is 4. The first-order valence-corrected chi connectivity index (χ1v) is 13.8. The molecule has 0 bridgehead atoms. The van der Waals surface area contributed by atoms with Crippen LogP contribution in [0.4, 0.5) is 11.4 Å². The van der Waals surface area contributed by atoms with Crippen LogP contribution in [0.25, 0.3) is 0 Å². The molecule has 2 atom stereocenters. The Morgan fingerprint density at radius 1 is 0.667 bits per heavy atom. The Kier molecular flexibility index (Phi) is 8.42. The minimum atomic E-state index is -0.396. The van der Waals surface area contributed by atoms with Crippen LogP contribution in [0.1, 0.15) is 52.6 Å². The Morgan fingerprint density at radius 3 is 1.33 bits per heavy atom. The lowest BCUT2D eigenvalue weighted by Gasteiger charge is -2.21. The van der Waals surface area contributed by atoms with E-state index < -0.39 is 11.8 Å². The normalized spacial score (nSPS) is 19.1.